The highest BCUT2D eigenvalue weighted by Gasteiger charge is 2.21. The lowest BCUT2D eigenvalue weighted by Crippen LogP contribution is -2.48. The summed E-state index contributed by atoms with van der Waals surface area (Å²) in [6.45, 7) is 8.21. The lowest BCUT2D eigenvalue weighted by molar-refractivity contribution is -0.123. The molecule has 146 valence electrons. The lowest BCUT2D eigenvalue weighted by Gasteiger charge is -2.33. The van der Waals surface area contributed by atoms with Crippen LogP contribution in [0.5, 0.6) is 0 Å². The number of nitrogens with zero attached hydrogens (tertiary/aromatic N) is 3. The molecule has 1 unspecified atom stereocenters. The first-order valence-corrected chi connectivity index (χ1v) is 9.97. The molecule has 1 aliphatic heterocycles. The van der Waals surface area contributed by atoms with Gasteiger partial charge in [-0.1, -0.05) is 29.8 Å². The third-order valence-electron chi connectivity index (χ3n) is 4.47. The van der Waals surface area contributed by atoms with Crippen LogP contribution >= 0.6 is 15.9 Å². The number of aromatic nitrogens is 2. The number of rotatable bonds is 6. The van der Waals surface area contributed by atoms with E-state index >= 15 is 0 Å². The second kappa shape index (κ2) is 8.95. The Morgan fingerprint density at radius 3 is 3.04 bits per heavy atom. The maximum absolute atomic E-state index is 12.6. The van der Waals surface area contributed by atoms with Crippen molar-refractivity contribution in [2.75, 3.05) is 32.8 Å². The van der Waals surface area contributed by atoms with E-state index in [1.165, 1.54) is 10.9 Å². The third-order valence-corrected chi connectivity index (χ3v) is 4.97. The molecule has 2 aromatic rings. The van der Waals surface area contributed by atoms with Crippen LogP contribution in [0.15, 0.2) is 33.8 Å². The van der Waals surface area contributed by atoms with Crippen LogP contribution in [0.3, 0.4) is 0 Å². The number of carbonyl (C=O) groups is 1. The number of ether oxygens (including phenoxy) is 1. The largest absolute Gasteiger partial charge is 0.374 e. The quantitative estimate of drug-likeness (QED) is 0.744. The van der Waals surface area contributed by atoms with Crippen molar-refractivity contribution < 1.29 is 9.53 Å². The van der Waals surface area contributed by atoms with Crippen molar-refractivity contribution in [3.8, 4) is 0 Å². The zero-order chi connectivity index (χ0) is 19.4. The van der Waals surface area contributed by atoms with E-state index < -0.39 is 0 Å². The van der Waals surface area contributed by atoms with Gasteiger partial charge in [-0.25, -0.2) is 4.98 Å². The number of fused-ring (bicyclic) bond motifs is 1. The fourth-order valence-electron chi connectivity index (χ4n) is 3.27. The van der Waals surface area contributed by atoms with Crippen LogP contribution in [-0.4, -0.2) is 59.2 Å². The molecule has 7 nitrogen and oxygen atoms in total. The fraction of sp³-hybridized carbons (Fsp3) is 0.526. The van der Waals surface area contributed by atoms with Crippen LogP contribution < -0.4 is 10.9 Å². The first-order valence-electron chi connectivity index (χ1n) is 9.17. The number of benzene rings is 1. The van der Waals surface area contributed by atoms with Gasteiger partial charge in [-0.15, -0.1) is 0 Å². The summed E-state index contributed by atoms with van der Waals surface area (Å²) in [5, 5.41) is 3.36. The van der Waals surface area contributed by atoms with Crippen LogP contribution in [0.2, 0.25) is 0 Å². The summed E-state index contributed by atoms with van der Waals surface area (Å²) in [7, 11) is 0. The summed E-state index contributed by atoms with van der Waals surface area (Å²) < 4.78 is 7.88. The molecule has 1 atom stereocenters. The van der Waals surface area contributed by atoms with Gasteiger partial charge >= 0.3 is 0 Å². The monoisotopic (exact) mass is 436 g/mol. The van der Waals surface area contributed by atoms with E-state index in [-0.39, 0.29) is 24.1 Å². The highest BCUT2D eigenvalue weighted by Crippen LogP contribution is 2.14. The van der Waals surface area contributed by atoms with Crippen LogP contribution in [0.4, 0.5) is 0 Å². The zero-order valence-corrected chi connectivity index (χ0v) is 17.2. The van der Waals surface area contributed by atoms with E-state index in [0.717, 1.165) is 24.1 Å². The average Bonchev–Trinajstić information content (AvgIpc) is 2.62. The Kier molecular flexibility index (Phi) is 6.62. The first-order chi connectivity index (χ1) is 12.9. The van der Waals surface area contributed by atoms with Crippen molar-refractivity contribution >= 4 is 32.7 Å². The summed E-state index contributed by atoms with van der Waals surface area (Å²) in [5.41, 5.74) is 0.384. The minimum Gasteiger partial charge on any atom is -0.374 e. The normalized spacial score (nSPS) is 18.1. The molecule has 1 aromatic carbocycles. The van der Waals surface area contributed by atoms with E-state index in [2.05, 4.69) is 45.0 Å². The Balaban J connectivity index is 1.57. The highest BCUT2D eigenvalue weighted by molar-refractivity contribution is 9.10. The standard InChI is InChI=1S/C19H25BrN4O3/c1-13(2)9-23-5-6-27-15(10-23)8-21-18(25)11-24-12-22-17-4-3-14(20)7-16(17)19(24)26/h3-4,7,12-13,15H,5-6,8-11H2,1-2H3,(H,21,25). The fourth-order valence-corrected chi connectivity index (χ4v) is 3.63. The number of morpholine rings is 1. The molecule has 3 rings (SSSR count). The van der Waals surface area contributed by atoms with E-state index in [4.69, 9.17) is 4.74 Å². The van der Waals surface area contributed by atoms with Crippen molar-refractivity contribution in [3.63, 3.8) is 0 Å². The smallest absolute Gasteiger partial charge is 0.261 e. The topological polar surface area (TPSA) is 76.5 Å². The molecule has 0 radical (unpaired) electrons. The second-order valence-electron chi connectivity index (χ2n) is 7.29. The van der Waals surface area contributed by atoms with Crippen molar-refractivity contribution in [3.05, 3.63) is 39.4 Å². The lowest BCUT2D eigenvalue weighted by atomic mass is 10.2. The van der Waals surface area contributed by atoms with Gasteiger partial charge in [-0.2, -0.15) is 0 Å². The molecule has 0 bridgehead atoms. The molecule has 1 amide bonds. The number of amides is 1. The number of halogens is 1. The molecule has 1 aliphatic rings. The van der Waals surface area contributed by atoms with Gasteiger partial charge in [0.15, 0.2) is 0 Å². The zero-order valence-electron chi connectivity index (χ0n) is 15.7. The predicted molar refractivity (Wildman–Crippen MR) is 108 cm³/mol. The molecule has 0 saturated carbocycles. The minimum absolute atomic E-state index is 0.0242. The molecule has 27 heavy (non-hydrogen) atoms. The van der Waals surface area contributed by atoms with Gasteiger partial charge in [0.2, 0.25) is 5.91 Å². The van der Waals surface area contributed by atoms with Crippen molar-refractivity contribution in [2.45, 2.75) is 26.5 Å². The SMILES string of the molecule is CC(C)CN1CCOC(CNC(=O)Cn2cnc3ccc(Br)cc3c2=O)C1. The summed E-state index contributed by atoms with van der Waals surface area (Å²) in [6.07, 6.45) is 1.39. The van der Waals surface area contributed by atoms with Crippen LogP contribution in [0, 0.1) is 5.92 Å². The first kappa shape index (κ1) is 20.0. The predicted octanol–water partition coefficient (Wildman–Crippen LogP) is 1.63. The summed E-state index contributed by atoms with van der Waals surface area (Å²) in [4.78, 5) is 31.5. The maximum atomic E-state index is 12.6. The molecular weight excluding hydrogens is 412 g/mol. The van der Waals surface area contributed by atoms with E-state index in [0.29, 0.717) is 30.0 Å². The third kappa shape index (κ3) is 5.37. The Hall–Kier alpha value is -1.77. The van der Waals surface area contributed by atoms with Gasteiger partial charge in [0.05, 0.1) is 29.9 Å². The molecule has 0 aliphatic carbocycles. The number of nitrogens with one attached hydrogen (secondary N) is 1. The summed E-state index contributed by atoms with van der Waals surface area (Å²) >= 11 is 3.36. The molecule has 1 fully saturated rings. The molecular formula is C19H25BrN4O3. The maximum Gasteiger partial charge on any atom is 0.261 e. The molecule has 1 N–H and O–H groups in total. The second-order valence-corrected chi connectivity index (χ2v) is 8.21. The Labute approximate surface area is 166 Å². The van der Waals surface area contributed by atoms with Gasteiger partial charge in [0.1, 0.15) is 6.54 Å². The highest BCUT2D eigenvalue weighted by atomic mass is 79.9. The van der Waals surface area contributed by atoms with E-state index in [1.807, 2.05) is 6.07 Å². The van der Waals surface area contributed by atoms with Crippen LogP contribution in [0.1, 0.15) is 13.8 Å². The number of carbonyl (C=O) groups excluding carboxylic acids is 1. The average molecular weight is 437 g/mol. The van der Waals surface area contributed by atoms with Gasteiger partial charge in [0.25, 0.3) is 5.56 Å². The molecule has 0 spiro atoms. The Bertz CT molecular complexity index is 868. The van der Waals surface area contributed by atoms with Crippen molar-refractivity contribution in [1.29, 1.82) is 0 Å². The van der Waals surface area contributed by atoms with Gasteiger partial charge < -0.3 is 10.1 Å². The Morgan fingerprint density at radius 2 is 2.26 bits per heavy atom. The Morgan fingerprint density at radius 1 is 1.44 bits per heavy atom. The molecule has 1 saturated heterocycles. The van der Waals surface area contributed by atoms with Crippen molar-refractivity contribution in [1.82, 2.24) is 19.8 Å². The van der Waals surface area contributed by atoms with E-state index in [1.54, 1.807) is 12.1 Å². The van der Waals surface area contributed by atoms with Crippen molar-refractivity contribution in [2.24, 2.45) is 5.92 Å². The number of hydrogen-bond donors (Lipinski definition) is 1. The van der Waals surface area contributed by atoms with Gasteiger partial charge in [0, 0.05) is 30.7 Å². The molecule has 8 heteroatoms. The minimum atomic E-state index is -0.228. The summed E-state index contributed by atoms with van der Waals surface area (Å²) in [5.74, 6) is 0.378. The van der Waals surface area contributed by atoms with Gasteiger partial charge in [-0.3, -0.25) is 19.1 Å². The van der Waals surface area contributed by atoms with E-state index in [9.17, 15) is 9.59 Å². The molecule has 1 aromatic heterocycles. The van der Waals surface area contributed by atoms with Gasteiger partial charge in [-0.05, 0) is 24.1 Å². The molecule has 2 heterocycles. The summed E-state index contributed by atoms with van der Waals surface area (Å²) in [6, 6.07) is 5.32. The van der Waals surface area contributed by atoms with Crippen LogP contribution in [-0.2, 0) is 16.1 Å². The number of hydrogen-bond acceptors (Lipinski definition) is 5. The van der Waals surface area contributed by atoms with Crippen LogP contribution in [0.25, 0.3) is 10.9 Å².